The van der Waals surface area contributed by atoms with Crippen molar-refractivity contribution in [2.45, 2.75) is 26.7 Å². The van der Waals surface area contributed by atoms with Crippen LogP contribution < -0.4 is 10.5 Å². The van der Waals surface area contributed by atoms with E-state index in [9.17, 15) is 4.79 Å². The summed E-state index contributed by atoms with van der Waals surface area (Å²) >= 11 is 0. The molecule has 0 aromatic heterocycles. The summed E-state index contributed by atoms with van der Waals surface area (Å²) in [4.78, 5) is 14.2. The molecule has 20 heavy (non-hydrogen) atoms. The van der Waals surface area contributed by atoms with E-state index in [1.165, 1.54) is 0 Å². The lowest BCUT2D eigenvalue weighted by Crippen LogP contribution is -2.35. The van der Waals surface area contributed by atoms with Gasteiger partial charge < -0.3 is 15.4 Å². The normalized spacial score (nSPS) is 22.1. The Hall–Kier alpha value is -1.55. The van der Waals surface area contributed by atoms with Gasteiger partial charge in [0.1, 0.15) is 5.75 Å². The minimum Gasteiger partial charge on any atom is -0.494 e. The third kappa shape index (κ3) is 3.51. The minimum absolute atomic E-state index is 0.0917. The molecule has 1 aliphatic heterocycles. The smallest absolute Gasteiger partial charge is 0.227 e. The van der Waals surface area contributed by atoms with Crippen molar-refractivity contribution in [1.82, 2.24) is 4.90 Å². The number of hydrogen-bond acceptors (Lipinski definition) is 3. The average Bonchev–Trinajstić information content (AvgIpc) is 2.85. The zero-order chi connectivity index (χ0) is 14.6. The second-order valence-electron chi connectivity index (χ2n) is 5.83. The number of hydrogen-bond donors (Lipinski definition) is 1. The van der Waals surface area contributed by atoms with Crippen LogP contribution in [0, 0.1) is 5.41 Å². The van der Waals surface area contributed by atoms with E-state index in [-0.39, 0.29) is 11.3 Å². The van der Waals surface area contributed by atoms with Crippen LogP contribution in [0.15, 0.2) is 24.3 Å². The molecule has 2 N–H and O–H groups in total. The Balaban J connectivity index is 1.91. The van der Waals surface area contributed by atoms with E-state index in [2.05, 4.69) is 6.92 Å². The molecule has 1 amide bonds. The fourth-order valence-electron chi connectivity index (χ4n) is 2.56. The lowest BCUT2D eigenvalue weighted by atomic mass is 9.90. The Morgan fingerprint density at radius 1 is 1.40 bits per heavy atom. The van der Waals surface area contributed by atoms with Crippen molar-refractivity contribution in [3.05, 3.63) is 29.8 Å². The van der Waals surface area contributed by atoms with E-state index in [0.717, 1.165) is 30.8 Å². The highest BCUT2D eigenvalue weighted by Gasteiger charge is 2.34. The highest BCUT2D eigenvalue weighted by atomic mass is 16.5. The Morgan fingerprint density at radius 3 is 2.65 bits per heavy atom. The van der Waals surface area contributed by atoms with Crippen LogP contribution in [0.25, 0.3) is 0 Å². The number of nitrogens with zero attached hydrogens (tertiary/aromatic N) is 1. The molecule has 1 aromatic rings. The van der Waals surface area contributed by atoms with Gasteiger partial charge in [0.15, 0.2) is 0 Å². The topological polar surface area (TPSA) is 55.6 Å². The molecule has 1 unspecified atom stereocenters. The summed E-state index contributed by atoms with van der Waals surface area (Å²) in [6.45, 7) is 7.00. The van der Waals surface area contributed by atoms with E-state index in [1.54, 1.807) is 0 Å². The number of rotatable bonds is 5. The summed E-state index contributed by atoms with van der Waals surface area (Å²) in [6.07, 6.45) is 1.45. The van der Waals surface area contributed by atoms with Gasteiger partial charge in [0.2, 0.25) is 5.91 Å². The molecule has 0 radical (unpaired) electrons. The number of amides is 1. The molecule has 4 nitrogen and oxygen atoms in total. The van der Waals surface area contributed by atoms with Gasteiger partial charge in [0.25, 0.3) is 0 Å². The van der Waals surface area contributed by atoms with Crippen LogP contribution in [0.1, 0.15) is 25.8 Å². The Labute approximate surface area is 120 Å². The average molecular weight is 276 g/mol. The number of carbonyl (C=O) groups is 1. The number of likely N-dealkylation sites (tertiary alicyclic amines) is 1. The van der Waals surface area contributed by atoms with Crippen LogP contribution in [0.4, 0.5) is 0 Å². The van der Waals surface area contributed by atoms with E-state index in [0.29, 0.717) is 19.6 Å². The van der Waals surface area contributed by atoms with Crippen molar-refractivity contribution < 1.29 is 9.53 Å². The molecule has 2 rings (SSSR count). The molecule has 0 spiro atoms. The molecule has 4 heteroatoms. The number of ether oxygens (including phenoxy) is 1. The lowest BCUT2D eigenvalue weighted by Gasteiger charge is -2.22. The highest BCUT2D eigenvalue weighted by molar-refractivity contribution is 5.79. The molecule has 110 valence electrons. The van der Waals surface area contributed by atoms with Crippen molar-refractivity contribution in [2.24, 2.45) is 11.1 Å². The minimum atomic E-state index is 0.0917. The molecule has 1 aromatic carbocycles. The fraction of sp³-hybridized carbons (Fsp3) is 0.562. The molecular weight excluding hydrogens is 252 g/mol. The third-order valence-corrected chi connectivity index (χ3v) is 3.99. The Morgan fingerprint density at radius 2 is 2.10 bits per heavy atom. The summed E-state index contributed by atoms with van der Waals surface area (Å²) < 4.78 is 5.40. The first-order valence-electron chi connectivity index (χ1n) is 7.26. The second kappa shape index (κ2) is 6.27. The maximum atomic E-state index is 12.3. The van der Waals surface area contributed by atoms with Gasteiger partial charge in [0, 0.05) is 13.1 Å². The molecule has 0 saturated carbocycles. The SMILES string of the molecule is CCOc1ccc(CC(=O)N2CCC(C)(CN)C2)cc1. The summed E-state index contributed by atoms with van der Waals surface area (Å²) in [7, 11) is 0. The van der Waals surface area contributed by atoms with Gasteiger partial charge in [-0.3, -0.25) is 4.79 Å². The summed E-state index contributed by atoms with van der Waals surface area (Å²) in [5, 5.41) is 0. The molecule has 1 fully saturated rings. The molecule has 1 aliphatic rings. The van der Waals surface area contributed by atoms with Crippen molar-refractivity contribution in [3.63, 3.8) is 0 Å². The molecule has 0 aliphatic carbocycles. The Bertz CT molecular complexity index is 458. The first-order chi connectivity index (χ1) is 9.56. The van der Waals surface area contributed by atoms with Crippen LogP contribution in [0.5, 0.6) is 5.75 Å². The van der Waals surface area contributed by atoms with Crippen LogP contribution in [0.2, 0.25) is 0 Å². The van der Waals surface area contributed by atoms with E-state index in [1.807, 2.05) is 36.1 Å². The zero-order valence-electron chi connectivity index (χ0n) is 12.4. The zero-order valence-corrected chi connectivity index (χ0v) is 12.4. The van der Waals surface area contributed by atoms with Gasteiger partial charge in [-0.05, 0) is 43.0 Å². The third-order valence-electron chi connectivity index (χ3n) is 3.99. The van der Waals surface area contributed by atoms with Gasteiger partial charge in [-0.1, -0.05) is 19.1 Å². The van der Waals surface area contributed by atoms with Gasteiger partial charge in [0.05, 0.1) is 13.0 Å². The van der Waals surface area contributed by atoms with Gasteiger partial charge in [-0.15, -0.1) is 0 Å². The largest absolute Gasteiger partial charge is 0.494 e. The van der Waals surface area contributed by atoms with Crippen LogP contribution >= 0.6 is 0 Å². The molecule has 1 saturated heterocycles. The highest BCUT2D eigenvalue weighted by Crippen LogP contribution is 2.28. The van der Waals surface area contributed by atoms with Crippen molar-refractivity contribution in [2.75, 3.05) is 26.2 Å². The first kappa shape index (κ1) is 14.9. The molecule has 1 atom stereocenters. The van der Waals surface area contributed by atoms with E-state index in [4.69, 9.17) is 10.5 Å². The van der Waals surface area contributed by atoms with Gasteiger partial charge >= 0.3 is 0 Å². The predicted molar refractivity (Wildman–Crippen MR) is 79.7 cm³/mol. The molecule has 1 heterocycles. The standard InChI is InChI=1S/C16H24N2O2/c1-3-20-14-6-4-13(5-7-14)10-15(19)18-9-8-16(2,11-17)12-18/h4-7H,3,8-12,17H2,1-2H3. The number of carbonyl (C=O) groups excluding carboxylic acids is 1. The van der Waals surface area contributed by atoms with Crippen molar-refractivity contribution >= 4 is 5.91 Å². The van der Waals surface area contributed by atoms with Gasteiger partial charge in [-0.2, -0.15) is 0 Å². The van der Waals surface area contributed by atoms with Crippen molar-refractivity contribution in [1.29, 1.82) is 0 Å². The van der Waals surface area contributed by atoms with E-state index >= 15 is 0 Å². The quantitative estimate of drug-likeness (QED) is 0.892. The van der Waals surface area contributed by atoms with Gasteiger partial charge in [-0.25, -0.2) is 0 Å². The predicted octanol–water partition coefficient (Wildman–Crippen LogP) is 1.83. The summed E-state index contributed by atoms with van der Waals surface area (Å²) in [6, 6.07) is 7.75. The second-order valence-corrected chi connectivity index (χ2v) is 5.83. The van der Waals surface area contributed by atoms with Crippen molar-refractivity contribution in [3.8, 4) is 5.75 Å². The number of nitrogens with two attached hydrogens (primary N) is 1. The monoisotopic (exact) mass is 276 g/mol. The van der Waals surface area contributed by atoms with Crippen LogP contribution in [-0.2, 0) is 11.2 Å². The maximum Gasteiger partial charge on any atom is 0.227 e. The van der Waals surface area contributed by atoms with Crippen LogP contribution in [0.3, 0.4) is 0 Å². The Kier molecular flexibility index (Phi) is 4.65. The first-order valence-corrected chi connectivity index (χ1v) is 7.26. The maximum absolute atomic E-state index is 12.3. The van der Waals surface area contributed by atoms with Crippen LogP contribution in [-0.4, -0.2) is 37.0 Å². The lowest BCUT2D eigenvalue weighted by molar-refractivity contribution is -0.129. The van der Waals surface area contributed by atoms with E-state index < -0.39 is 0 Å². The number of benzene rings is 1. The molecular formula is C16H24N2O2. The molecule has 0 bridgehead atoms. The summed E-state index contributed by atoms with van der Waals surface area (Å²) in [5.41, 5.74) is 6.90. The summed E-state index contributed by atoms with van der Waals surface area (Å²) in [5.74, 6) is 1.03. The fourth-order valence-corrected chi connectivity index (χ4v) is 2.56.